The van der Waals surface area contributed by atoms with Crippen LogP contribution in [0.5, 0.6) is 0 Å². The van der Waals surface area contributed by atoms with Gasteiger partial charge < -0.3 is 13.0 Å². The maximum absolute atomic E-state index is 6.17. The van der Waals surface area contributed by atoms with Crippen LogP contribution in [-0.2, 0) is 13.0 Å². The Labute approximate surface area is 110 Å². The van der Waals surface area contributed by atoms with E-state index in [0.29, 0.717) is 0 Å². The second kappa shape index (κ2) is 5.26. The largest absolute Gasteiger partial charge is 0.436 e. The molecule has 0 saturated carbocycles. The summed E-state index contributed by atoms with van der Waals surface area (Å²) in [6.07, 6.45) is 0. The van der Waals surface area contributed by atoms with E-state index in [9.17, 15) is 0 Å². The summed E-state index contributed by atoms with van der Waals surface area (Å²) in [6.45, 7) is 21.3. The predicted molar refractivity (Wildman–Crippen MR) is 81.5 cm³/mol. The third-order valence-electron chi connectivity index (χ3n) is 1.60. The first kappa shape index (κ1) is 17.5. The summed E-state index contributed by atoms with van der Waals surface area (Å²) < 4.78 is 18.4. The predicted octanol–water partition coefficient (Wildman–Crippen LogP) is 4.14. The summed E-state index contributed by atoms with van der Waals surface area (Å²) in [5.41, 5.74) is 0. The lowest BCUT2D eigenvalue weighted by molar-refractivity contribution is -0.104. The van der Waals surface area contributed by atoms with E-state index in [1.54, 1.807) is 0 Å². The normalized spacial score (nSPS) is 15.2. The molecule has 0 N–H and O–H groups in total. The maximum atomic E-state index is 6.17. The van der Waals surface area contributed by atoms with Crippen molar-refractivity contribution in [2.75, 3.05) is 0 Å². The molecule has 0 fully saturated rings. The Morgan fingerprint density at radius 3 is 1.35 bits per heavy atom. The minimum Gasteiger partial charge on any atom is -0.436 e. The third kappa shape index (κ3) is 10.2. The molecule has 0 unspecified atom stereocenters. The molecule has 0 heterocycles. The van der Waals surface area contributed by atoms with Crippen LogP contribution in [0.25, 0.3) is 0 Å². The highest BCUT2D eigenvalue weighted by Gasteiger charge is 2.39. The average Bonchev–Trinajstić information content (AvgIpc) is 1.65. The summed E-state index contributed by atoms with van der Waals surface area (Å²) in [5.74, 6) is -0.542. The second-order valence-electron chi connectivity index (χ2n) is 7.33. The van der Waals surface area contributed by atoms with Crippen molar-refractivity contribution in [3.05, 3.63) is 0 Å². The van der Waals surface area contributed by atoms with Crippen molar-refractivity contribution in [3.63, 3.8) is 0 Å². The van der Waals surface area contributed by atoms with E-state index >= 15 is 0 Å². The van der Waals surface area contributed by atoms with Crippen LogP contribution in [0.3, 0.4) is 0 Å². The molecule has 6 heteroatoms. The molecular formula is C11H30O3Si3. The molecule has 0 aromatic carbocycles. The van der Waals surface area contributed by atoms with Crippen LogP contribution in [0, 0.1) is 0 Å². The van der Waals surface area contributed by atoms with Gasteiger partial charge in [0.2, 0.25) is 0 Å². The van der Waals surface area contributed by atoms with Crippen LogP contribution in [0.2, 0.25) is 52.4 Å². The van der Waals surface area contributed by atoms with E-state index in [1.807, 2.05) is 13.8 Å². The molecule has 0 bridgehead atoms. The smallest absolute Gasteiger partial charge is 0.323 e. The third-order valence-corrected chi connectivity index (χ3v) is 8.10. The Morgan fingerprint density at radius 1 is 0.647 bits per heavy atom. The van der Waals surface area contributed by atoms with Gasteiger partial charge in [-0.2, -0.15) is 0 Å². The van der Waals surface area contributed by atoms with Gasteiger partial charge in [-0.3, -0.25) is 0 Å². The molecule has 0 radical (unpaired) electrons. The van der Waals surface area contributed by atoms with E-state index in [0.717, 1.165) is 0 Å². The maximum Gasteiger partial charge on any atom is 0.323 e. The van der Waals surface area contributed by atoms with Crippen molar-refractivity contribution in [3.8, 4) is 0 Å². The first-order valence-corrected chi connectivity index (χ1v) is 15.9. The van der Waals surface area contributed by atoms with Crippen molar-refractivity contribution in [1.82, 2.24) is 0 Å². The Bertz CT molecular complexity index is 226. The molecular weight excluding hydrogens is 264 g/mol. The lowest BCUT2D eigenvalue weighted by atomic mass is 10.4. The molecule has 0 aliphatic rings. The highest BCUT2D eigenvalue weighted by Crippen LogP contribution is 2.25. The Hall–Kier alpha value is 0.531. The quantitative estimate of drug-likeness (QED) is 0.544. The van der Waals surface area contributed by atoms with Gasteiger partial charge in [0.1, 0.15) is 5.79 Å². The SMILES string of the molecule is CC(C)(O[Si](C)(C)C)O[Si](C)(C)O[Si](C)(C)C. The summed E-state index contributed by atoms with van der Waals surface area (Å²) >= 11 is 0. The fourth-order valence-electron chi connectivity index (χ4n) is 2.11. The van der Waals surface area contributed by atoms with E-state index < -0.39 is 31.0 Å². The molecule has 0 amide bonds. The Balaban J connectivity index is 4.59. The van der Waals surface area contributed by atoms with Crippen LogP contribution in [-0.4, -0.2) is 31.0 Å². The van der Waals surface area contributed by atoms with Crippen molar-refractivity contribution < 1.29 is 13.0 Å². The van der Waals surface area contributed by atoms with Crippen molar-refractivity contribution in [2.45, 2.75) is 72.0 Å². The number of hydrogen-bond acceptors (Lipinski definition) is 3. The monoisotopic (exact) mass is 294 g/mol. The molecule has 0 aliphatic heterocycles. The topological polar surface area (TPSA) is 27.7 Å². The zero-order valence-electron chi connectivity index (χ0n) is 13.2. The van der Waals surface area contributed by atoms with Gasteiger partial charge in [0.15, 0.2) is 16.6 Å². The average molecular weight is 295 g/mol. The van der Waals surface area contributed by atoms with E-state index in [-0.39, 0.29) is 0 Å². The van der Waals surface area contributed by atoms with Gasteiger partial charge in [-0.25, -0.2) is 0 Å². The summed E-state index contributed by atoms with van der Waals surface area (Å²) in [5, 5.41) is 0. The van der Waals surface area contributed by atoms with Gasteiger partial charge in [-0.1, -0.05) is 0 Å². The van der Waals surface area contributed by atoms with Crippen LogP contribution in [0.15, 0.2) is 0 Å². The fraction of sp³-hybridized carbons (Fsp3) is 1.00. The van der Waals surface area contributed by atoms with Crippen molar-refractivity contribution in [2.24, 2.45) is 0 Å². The Morgan fingerprint density at radius 2 is 1.06 bits per heavy atom. The molecule has 0 aromatic heterocycles. The van der Waals surface area contributed by atoms with Crippen molar-refractivity contribution in [1.29, 1.82) is 0 Å². The second-order valence-corrected chi connectivity index (χ2v) is 19.8. The molecule has 17 heavy (non-hydrogen) atoms. The Kier molecular flexibility index (Phi) is 5.42. The van der Waals surface area contributed by atoms with Crippen LogP contribution in [0.1, 0.15) is 13.8 Å². The van der Waals surface area contributed by atoms with Gasteiger partial charge in [-0.15, -0.1) is 0 Å². The van der Waals surface area contributed by atoms with Crippen LogP contribution in [0.4, 0.5) is 0 Å². The van der Waals surface area contributed by atoms with Gasteiger partial charge in [0, 0.05) is 0 Å². The van der Waals surface area contributed by atoms with Gasteiger partial charge in [0.25, 0.3) is 0 Å². The minimum absolute atomic E-state index is 0.542. The highest BCUT2D eigenvalue weighted by atomic mass is 28.4. The first-order chi connectivity index (χ1) is 7.12. The molecule has 0 atom stereocenters. The zero-order chi connectivity index (χ0) is 14.1. The molecule has 0 aliphatic carbocycles. The van der Waals surface area contributed by atoms with Crippen molar-refractivity contribution >= 4 is 25.2 Å². The van der Waals surface area contributed by atoms with Gasteiger partial charge in [0.05, 0.1) is 0 Å². The van der Waals surface area contributed by atoms with Gasteiger partial charge >= 0.3 is 8.56 Å². The molecule has 104 valence electrons. The number of rotatable bonds is 6. The van der Waals surface area contributed by atoms with E-state index in [4.69, 9.17) is 13.0 Å². The summed E-state index contributed by atoms with van der Waals surface area (Å²) in [6, 6.07) is 0. The summed E-state index contributed by atoms with van der Waals surface area (Å²) in [7, 11) is -5.27. The zero-order valence-corrected chi connectivity index (χ0v) is 16.2. The minimum atomic E-state index is -2.11. The molecule has 0 saturated heterocycles. The molecule has 0 aromatic rings. The van der Waals surface area contributed by atoms with E-state index in [2.05, 4.69) is 52.4 Å². The number of hydrogen-bond donors (Lipinski definition) is 0. The lowest BCUT2D eigenvalue weighted by Gasteiger charge is -2.40. The molecule has 0 spiro atoms. The molecule has 0 rings (SSSR count). The first-order valence-electron chi connectivity index (χ1n) is 6.22. The standard InChI is InChI=1S/C11H30O3Si3/c1-11(2,12-15(3,4)5)13-17(9,10)14-16(6,7)8/h1-10H3. The van der Waals surface area contributed by atoms with Crippen LogP contribution >= 0.6 is 0 Å². The summed E-state index contributed by atoms with van der Waals surface area (Å²) in [4.78, 5) is 0. The fourth-order valence-corrected chi connectivity index (χ4v) is 11.0. The highest BCUT2D eigenvalue weighted by molar-refractivity contribution is 6.81. The van der Waals surface area contributed by atoms with Gasteiger partial charge in [-0.05, 0) is 66.2 Å². The molecule has 3 nitrogen and oxygen atoms in total. The van der Waals surface area contributed by atoms with E-state index in [1.165, 1.54) is 0 Å². The lowest BCUT2D eigenvalue weighted by Crippen LogP contribution is -2.52. The van der Waals surface area contributed by atoms with Crippen LogP contribution < -0.4 is 0 Å².